The SMILES string of the molecule is COCOc1ccc2ncc(F)cc2c1Br. The highest BCUT2D eigenvalue weighted by molar-refractivity contribution is 9.10. The normalized spacial score (nSPS) is 10.7. The van der Waals surface area contributed by atoms with Crippen LogP contribution in [0.5, 0.6) is 5.75 Å². The fourth-order valence-electron chi connectivity index (χ4n) is 1.35. The van der Waals surface area contributed by atoms with E-state index >= 15 is 0 Å². The van der Waals surface area contributed by atoms with Gasteiger partial charge in [0.15, 0.2) is 6.79 Å². The van der Waals surface area contributed by atoms with E-state index in [4.69, 9.17) is 9.47 Å². The Labute approximate surface area is 100 Å². The Bertz CT molecular complexity index is 519. The Balaban J connectivity index is 2.50. The molecule has 0 aliphatic rings. The molecular formula is C11H9BrFNO2. The molecule has 0 aliphatic heterocycles. The highest BCUT2D eigenvalue weighted by Gasteiger charge is 2.07. The lowest BCUT2D eigenvalue weighted by atomic mass is 10.2. The number of pyridine rings is 1. The summed E-state index contributed by atoms with van der Waals surface area (Å²) in [5.74, 6) is 0.221. The fraction of sp³-hybridized carbons (Fsp3) is 0.182. The zero-order valence-corrected chi connectivity index (χ0v) is 10.1. The van der Waals surface area contributed by atoms with Gasteiger partial charge in [0.05, 0.1) is 16.2 Å². The first-order valence-electron chi connectivity index (χ1n) is 4.58. The van der Waals surface area contributed by atoms with Gasteiger partial charge in [-0.25, -0.2) is 4.39 Å². The second kappa shape index (κ2) is 4.76. The molecule has 0 unspecified atom stereocenters. The standard InChI is InChI=1S/C11H9BrFNO2/c1-15-6-16-10-3-2-9-8(11(10)12)4-7(13)5-14-9/h2-5H,6H2,1H3. The maximum atomic E-state index is 13.1. The topological polar surface area (TPSA) is 31.4 Å². The molecule has 16 heavy (non-hydrogen) atoms. The predicted octanol–water partition coefficient (Wildman–Crippen LogP) is 3.12. The Morgan fingerprint density at radius 1 is 1.44 bits per heavy atom. The fourth-order valence-corrected chi connectivity index (χ4v) is 1.92. The number of ether oxygens (including phenoxy) is 2. The van der Waals surface area contributed by atoms with Crippen LogP contribution in [0.4, 0.5) is 4.39 Å². The first-order chi connectivity index (χ1) is 7.72. The minimum absolute atomic E-state index is 0.146. The number of hydrogen-bond acceptors (Lipinski definition) is 3. The van der Waals surface area contributed by atoms with Gasteiger partial charge in [-0.1, -0.05) is 0 Å². The number of nitrogens with zero attached hydrogens (tertiary/aromatic N) is 1. The zero-order valence-electron chi connectivity index (χ0n) is 8.54. The maximum Gasteiger partial charge on any atom is 0.188 e. The van der Waals surface area contributed by atoms with Crippen molar-refractivity contribution in [3.8, 4) is 5.75 Å². The van der Waals surface area contributed by atoms with Crippen LogP contribution in [0.1, 0.15) is 0 Å². The van der Waals surface area contributed by atoms with Crippen molar-refractivity contribution in [1.29, 1.82) is 0 Å². The highest BCUT2D eigenvalue weighted by Crippen LogP contribution is 2.32. The van der Waals surface area contributed by atoms with Crippen LogP contribution in [0.2, 0.25) is 0 Å². The van der Waals surface area contributed by atoms with Crippen molar-refractivity contribution in [3.05, 3.63) is 34.7 Å². The first-order valence-corrected chi connectivity index (χ1v) is 5.37. The third-order valence-corrected chi connectivity index (χ3v) is 2.88. The summed E-state index contributed by atoms with van der Waals surface area (Å²) in [6.45, 7) is 0.146. The van der Waals surface area contributed by atoms with Gasteiger partial charge < -0.3 is 9.47 Å². The Morgan fingerprint density at radius 3 is 3.00 bits per heavy atom. The summed E-state index contributed by atoms with van der Waals surface area (Å²) in [4.78, 5) is 3.97. The summed E-state index contributed by atoms with van der Waals surface area (Å²) >= 11 is 3.36. The molecule has 1 aromatic carbocycles. The maximum absolute atomic E-state index is 13.1. The van der Waals surface area contributed by atoms with Crippen LogP contribution >= 0.6 is 15.9 Å². The second-order valence-electron chi connectivity index (χ2n) is 3.15. The Hall–Kier alpha value is -1.20. The van der Waals surface area contributed by atoms with E-state index in [9.17, 15) is 4.39 Å². The molecule has 0 N–H and O–H groups in total. The molecule has 0 atom stereocenters. The number of methoxy groups -OCH3 is 1. The van der Waals surface area contributed by atoms with Crippen LogP contribution < -0.4 is 4.74 Å². The van der Waals surface area contributed by atoms with Gasteiger partial charge in [0, 0.05) is 12.5 Å². The summed E-state index contributed by atoms with van der Waals surface area (Å²) in [7, 11) is 1.54. The molecule has 0 aliphatic carbocycles. The first kappa shape index (κ1) is 11.3. The number of aromatic nitrogens is 1. The molecule has 0 saturated heterocycles. The molecule has 3 nitrogen and oxygen atoms in total. The molecule has 0 spiro atoms. The van der Waals surface area contributed by atoms with Gasteiger partial charge >= 0.3 is 0 Å². The number of fused-ring (bicyclic) bond motifs is 1. The molecule has 84 valence electrons. The third kappa shape index (κ3) is 2.15. The lowest BCUT2D eigenvalue weighted by Crippen LogP contribution is -1.99. The predicted molar refractivity (Wildman–Crippen MR) is 61.9 cm³/mol. The van der Waals surface area contributed by atoms with E-state index in [1.54, 1.807) is 12.1 Å². The molecule has 0 amide bonds. The van der Waals surface area contributed by atoms with Crippen LogP contribution in [0.3, 0.4) is 0 Å². The highest BCUT2D eigenvalue weighted by atomic mass is 79.9. The summed E-state index contributed by atoms with van der Waals surface area (Å²) in [6.07, 6.45) is 1.18. The summed E-state index contributed by atoms with van der Waals surface area (Å²) < 4.78 is 23.8. The van der Waals surface area contributed by atoms with E-state index < -0.39 is 0 Å². The average Bonchev–Trinajstić information content (AvgIpc) is 2.29. The molecule has 5 heteroatoms. The van der Waals surface area contributed by atoms with Crippen LogP contribution in [-0.2, 0) is 4.74 Å². The van der Waals surface area contributed by atoms with Gasteiger partial charge in [-0.15, -0.1) is 0 Å². The van der Waals surface area contributed by atoms with Crippen LogP contribution in [-0.4, -0.2) is 18.9 Å². The molecule has 1 heterocycles. The van der Waals surface area contributed by atoms with Crippen LogP contribution in [0.15, 0.2) is 28.9 Å². The smallest absolute Gasteiger partial charge is 0.188 e. The number of hydrogen-bond donors (Lipinski definition) is 0. The summed E-state index contributed by atoms with van der Waals surface area (Å²) in [5.41, 5.74) is 0.707. The van der Waals surface area contributed by atoms with E-state index in [1.165, 1.54) is 19.4 Å². The summed E-state index contributed by atoms with van der Waals surface area (Å²) in [6, 6.07) is 4.94. The molecule has 2 rings (SSSR count). The van der Waals surface area contributed by atoms with Crippen molar-refractivity contribution in [3.63, 3.8) is 0 Å². The van der Waals surface area contributed by atoms with Crippen molar-refractivity contribution < 1.29 is 13.9 Å². The van der Waals surface area contributed by atoms with E-state index in [-0.39, 0.29) is 12.6 Å². The van der Waals surface area contributed by atoms with Crippen molar-refractivity contribution in [2.24, 2.45) is 0 Å². The van der Waals surface area contributed by atoms with Crippen molar-refractivity contribution in [2.45, 2.75) is 0 Å². The Morgan fingerprint density at radius 2 is 2.25 bits per heavy atom. The quantitative estimate of drug-likeness (QED) is 0.812. The van der Waals surface area contributed by atoms with Gasteiger partial charge in [0.25, 0.3) is 0 Å². The molecule has 2 aromatic rings. The monoisotopic (exact) mass is 285 g/mol. The minimum Gasteiger partial charge on any atom is -0.466 e. The third-order valence-electron chi connectivity index (χ3n) is 2.06. The van der Waals surface area contributed by atoms with E-state index in [1.807, 2.05) is 0 Å². The Kier molecular flexibility index (Phi) is 3.36. The molecule has 0 bridgehead atoms. The van der Waals surface area contributed by atoms with Crippen LogP contribution in [0, 0.1) is 5.82 Å². The van der Waals surface area contributed by atoms with E-state index in [2.05, 4.69) is 20.9 Å². The van der Waals surface area contributed by atoms with E-state index in [0.717, 1.165) is 0 Å². The van der Waals surface area contributed by atoms with Crippen molar-refractivity contribution in [2.75, 3.05) is 13.9 Å². The molecular weight excluding hydrogens is 277 g/mol. The van der Waals surface area contributed by atoms with Gasteiger partial charge in [-0.3, -0.25) is 4.98 Å². The van der Waals surface area contributed by atoms with Crippen molar-refractivity contribution >= 4 is 26.8 Å². The lowest BCUT2D eigenvalue weighted by molar-refractivity contribution is 0.0507. The van der Waals surface area contributed by atoms with E-state index in [0.29, 0.717) is 21.1 Å². The summed E-state index contributed by atoms with van der Waals surface area (Å²) in [5, 5.41) is 0.675. The largest absolute Gasteiger partial charge is 0.466 e. The number of benzene rings is 1. The molecule has 0 saturated carbocycles. The van der Waals surface area contributed by atoms with Gasteiger partial charge in [0.2, 0.25) is 0 Å². The average molecular weight is 286 g/mol. The van der Waals surface area contributed by atoms with Gasteiger partial charge in [0.1, 0.15) is 11.6 Å². The zero-order chi connectivity index (χ0) is 11.5. The van der Waals surface area contributed by atoms with Crippen LogP contribution in [0.25, 0.3) is 10.9 Å². The number of halogens is 2. The second-order valence-corrected chi connectivity index (χ2v) is 3.94. The molecule has 1 aromatic heterocycles. The lowest BCUT2D eigenvalue weighted by Gasteiger charge is -2.08. The van der Waals surface area contributed by atoms with Gasteiger partial charge in [-0.2, -0.15) is 0 Å². The number of rotatable bonds is 3. The molecule has 0 fully saturated rings. The van der Waals surface area contributed by atoms with Gasteiger partial charge in [-0.05, 0) is 34.1 Å². The minimum atomic E-state index is -0.378. The van der Waals surface area contributed by atoms with Crippen molar-refractivity contribution in [1.82, 2.24) is 4.98 Å². The molecule has 0 radical (unpaired) electrons.